The number of thiophene rings is 1. The number of fused-ring (bicyclic) bond motifs is 1. The van der Waals surface area contributed by atoms with Gasteiger partial charge in [0.25, 0.3) is 0 Å². The van der Waals surface area contributed by atoms with E-state index in [1.807, 2.05) is 18.2 Å². The van der Waals surface area contributed by atoms with Crippen LogP contribution in [0.1, 0.15) is 12.5 Å². The first kappa shape index (κ1) is 19.1. The number of carbonyl (C=O) groups is 1. The number of ether oxygens (including phenoxy) is 2. The minimum absolute atomic E-state index is 0.245. The van der Waals surface area contributed by atoms with Gasteiger partial charge in [-0.05, 0) is 41.3 Å². The first-order valence-corrected chi connectivity index (χ1v) is 8.88. The van der Waals surface area contributed by atoms with E-state index < -0.39 is 0 Å². The molecule has 3 rings (SSSR count). The minimum Gasteiger partial charge on any atom is -0.495 e. The Morgan fingerprint density at radius 1 is 1.20 bits per heavy atom. The maximum atomic E-state index is 9.59. The van der Waals surface area contributed by atoms with E-state index in [9.17, 15) is 4.79 Å². The molecule has 0 fully saturated rings. The van der Waals surface area contributed by atoms with E-state index in [1.54, 1.807) is 18.4 Å². The van der Waals surface area contributed by atoms with Crippen LogP contribution in [0.3, 0.4) is 0 Å². The summed E-state index contributed by atoms with van der Waals surface area (Å²) in [6.07, 6.45) is 0. The monoisotopic (exact) mass is 377 g/mol. The third kappa shape index (κ3) is 5.37. The van der Waals surface area contributed by atoms with Crippen LogP contribution in [-0.2, 0) is 16.1 Å². The van der Waals surface area contributed by atoms with Crippen molar-refractivity contribution in [2.24, 2.45) is 0 Å². The Labute approximate surface area is 156 Å². The molecule has 2 aromatic carbocycles. The predicted molar refractivity (Wildman–Crippen MR) is 105 cm³/mol. The molecule has 0 aliphatic carbocycles. The van der Waals surface area contributed by atoms with Crippen LogP contribution in [0.4, 0.5) is 5.69 Å². The lowest BCUT2D eigenvalue weighted by Crippen LogP contribution is -1.99. The second-order valence-electron chi connectivity index (χ2n) is 5.16. The van der Waals surface area contributed by atoms with Crippen molar-refractivity contribution in [2.75, 3.05) is 19.5 Å². The van der Waals surface area contributed by atoms with E-state index in [0.717, 1.165) is 17.8 Å². The van der Waals surface area contributed by atoms with Crippen LogP contribution in [0.5, 0.6) is 5.75 Å². The van der Waals surface area contributed by atoms with Gasteiger partial charge in [-0.1, -0.05) is 23.7 Å². The summed E-state index contributed by atoms with van der Waals surface area (Å²) in [6, 6.07) is 14.3. The third-order valence-corrected chi connectivity index (χ3v) is 4.66. The Kier molecular flexibility index (Phi) is 7.10. The largest absolute Gasteiger partial charge is 0.495 e. The van der Waals surface area contributed by atoms with Crippen LogP contribution in [0, 0.1) is 0 Å². The summed E-state index contributed by atoms with van der Waals surface area (Å²) in [7, 11) is 2.97. The van der Waals surface area contributed by atoms with Gasteiger partial charge >= 0.3 is 5.97 Å². The number of benzene rings is 2. The van der Waals surface area contributed by atoms with Crippen molar-refractivity contribution in [2.45, 2.75) is 13.5 Å². The number of halogens is 1. The summed E-state index contributed by atoms with van der Waals surface area (Å²) in [5.74, 6) is 0.459. The zero-order chi connectivity index (χ0) is 18.2. The summed E-state index contributed by atoms with van der Waals surface area (Å²) in [5.41, 5.74) is 2.28. The number of hydrogen-bond donors (Lipinski definition) is 1. The second-order valence-corrected chi connectivity index (χ2v) is 6.51. The zero-order valence-corrected chi connectivity index (χ0v) is 15.9. The molecule has 25 heavy (non-hydrogen) atoms. The zero-order valence-electron chi connectivity index (χ0n) is 14.3. The molecule has 132 valence electrons. The van der Waals surface area contributed by atoms with Crippen molar-refractivity contribution in [3.8, 4) is 5.75 Å². The molecule has 6 heteroatoms. The highest BCUT2D eigenvalue weighted by molar-refractivity contribution is 7.17. The first-order valence-electron chi connectivity index (χ1n) is 7.62. The molecule has 0 aliphatic heterocycles. The molecule has 3 aromatic rings. The van der Waals surface area contributed by atoms with Gasteiger partial charge in [0, 0.05) is 29.2 Å². The fraction of sp³-hybridized carbons (Fsp3) is 0.211. The Balaban J connectivity index is 0.000000399. The van der Waals surface area contributed by atoms with E-state index in [0.29, 0.717) is 10.8 Å². The second kappa shape index (κ2) is 9.30. The summed E-state index contributed by atoms with van der Waals surface area (Å²) in [4.78, 5) is 9.59. The molecule has 0 amide bonds. The standard InChI is InChI=1S/C16H14ClNOS.C3H6O2/c1-19-15-6-5-11(9-13(15)17)10-18-14-3-2-4-16-12(14)7-8-20-16;1-3(4)5-2/h2-9,18H,10H2,1H3;1-2H3. The highest BCUT2D eigenvalue weighted by Crippen LogP contribution is 2.29. The summed E-state index contributed by atoms with van der Waals surface area (Å²) < 4.78 is 10.6. The average molecular weight is 378 g/mol. The smallest absolute Gasteiger partial charge is 0.302 e. The molecule has 4 nitrogen and oxygen atoms in total. The van der Waals surface area contributed by atoms with E-state index in [-0.39, 0.29) is 5.97 Å². The molecular weight excluding hydrogens is 358 g/mol. The molecule has 1 heterocycles. The van der Waals surface area contributed by atoms with Gasteiger partial charge in [0.15, 0.2) is 0 Å². The molecule has 0 bridgehead atoms. The topological polar surface area (TPSA) is 47.6 Å². The van der Waals surface area contributed by atoms with Gasteiger partial charge < -0.3 is 14.8 Å². The number of hydrogen-bond acceptors (Lipinski definition) is 5. The lowest BCUT2D eigenvalue weighted by Gasteiger charge is -2.09. The third-order valence-electron chi connectivity index (χ3n) is 3.48. The molecule has 0 spiro atoms. The predicted octanol–water partition coefficient (Wildman–Crippen LogP) is 5.35. The Morgan fingerprint density at radius 3 is 2.60 bits per heavy atom. The van der Waals surface area contributed by atoms with Crippen molar-refractivity contribution < 1.29 is 14.3 Å². The van der Waals surface area contributed by atoms with Gasteiger partial charge in [-0.15, -0.1) is 11.3 Å². The average Bonchev–Trinajstić information content (AvgIpc) is 3.10. The number of esters is 1. The van der Waals surface area contributed by atoms with Crippen LogP contribution >= 0.6 is 22.9 Å². The lowest BCUT2D eigenvalue weighted by molar-refractivity contribution is -0.137. The summed E-state index contributed by atoms with van der Waals surface area (Å²) in [6.45, 7) is 2.10. The molecule has 0 unspecified atom stereocenters. The Bertz CT molecular complexity index is 848. The number of rotatable bonds is 4. The van der Waals surface area contributed by atoms with Crippen LogP contribution in [0.2, 0.25) is 5.02 Å². The number of methoxy groups -OCH3 is 2. The normalized spacial score (nSPS) is 9.92. The Hall–Kier alpha value is -2.24. The van der Waals surface area contributed by atoms with E-state index in [1.165, 1.54) is 24.1 Å². The molecule has 0 saturated carbocycles. The first-order chi connectivity index (χ1) is 12.0. The van der Waals surface area contributed by atoms with Gasteiger partial charge in [-0.3, -0.25) is 4.79 Å². The number of nitrogens with one attached hydrogen (secondary N) is 1. The van der Waals surface area contributed by atoms with Gasteiger partial charge in [-0.25, -0.2) is 0 Å². The molecule has 0 radical (unpaired) electrons. The van der Waals surface area contributed by atoms with Gasteiger partial charge in [-0.2, -0.15) is 0 Å². The Morgan fingerprint density at radius 2 is 1.96 bits per heavy atom. The van der Waals surface area contributed by atoms with Crippen LogP contribution in [0.25, 0.3) is 10.1 Å². The van der Waals surface area contributed by atoms with Crippen LogP contribution < -0.4 is 10.1 Å². The van der Waals surface area contributed by atoms with Crippen LogP contribution in [-0.4, -0.2) is 20.2 Å². The van der Waals surface area contributed by atoms with Gasteiger partial charge in [0.2, 0.25) is 0 Å². The maximum Gasteiger partial charge on any atom is 0.302 e. The highest BCUT2D eigenvalue weighted by atomic mass is 35.5. The maximum absolute atomic E-state index is 9.59. The van der Waals surface area contributed by atoms with Crippen LogP contribution in [0.15, 0.2) is 47.8 Å². The van der Waals surface area contributed by atoms with E-state index >= 15 is 0 Å². The summed E-state index contributed by atoms with van der Waals surface area (Å²) in [5, 5.41) is 7.47. The number of anilines is 1. The highest BCUT2D eigenvalue weighted by Gasteiger charge is 2.04. The van der Waals surface area contributed by atoms with Crippen molar-refractivity contribution >= 4 is 44.7 Å². The van der Waals surface area contributed by atoms with Crippen molar-refractivity contribution in [3.05, 3.63) is 58.4 Å². The fourth-order valence-corrected chi connectivity index (χ4v) is 3.26. The fourth-order valence-electron chi connectivity index (χ4n) is 2.17. The summed E-state index contributed by atoms with van der Waals surface area (Å²) >= 11 is 7.89. The van der Waals surface area contributed by atoms with E-state index in [2.05, 4.69) is 39.7 Å². The quantitative estimate of drug-likeness (QED) is 0.622. The van der Waals surface area contributed by atoms with Gasteiger partial charge in [0.1, 0.15) is 5.75 Å². The number of carbonyl (C=O) groups excluding carboxylic acids is 1. The van der Waals surface area contributed by atoms with Crippen molar-refractivity contribution in [1.29, 1.82) is 0 Å². The van der Waals surface area contributed by atoms with Gasteiger partial charge in [0.05, 0.1) is 19.2 Å². The van der Waals surface area contributed by atoms with E-state index in [4.69, 9.17) is 16.3 Å². The molecular formula is C19H20ClNO3S. The molecule has 1 N–H and O–H groups in total. The van der Waals surface area contributed by atoms with Crippen molar-refractivity contribution in [3.63, 3.8) is 0 Å². The molecule has 0 atom stereocenters. The lowest BCUT2D eigenvalue weighted by atomic mass is 10.2. The molecule has 1 aromatic heterocycles. The van der Waals surface area contributed by atoms with Crippen molar-refractivity contribution in [1.82, 2.24) is 0 Å². The molecule has 0 aliphatic rings. The minimum atomic E-state index is -0.245. The SMILES string of the molecule is COC(C)=O.COc1ccc(CNc2cccc3sccc23)cc1Cl. The molecule has 0 saturated heterocycles.